The summed E-state index contributed by atoms with van der Waals surface area (Å²) >= 11 is 0. The molecule has 2 saturated heterocycles. The van der Waals surface area contributed by atoms with E-state index in [4.69, 9.17) is 14.6 Å². The molecule has 4 fully saturated rings. The Morgan fingerprint density at radius 1 is 0.810 bits per heavy atom. The Morgan fingerprint density at radius 2 is 1.43 bits per heavy atom. The molecule has 0 aromatic heterocycles. The maximum Gasteiger partial charge on any atom is 0.416 e. The number of carbonyl (C=O) groups excluding carboxylic acids is 2. The molecule has 79 heavy (non-hydrogen) atoms. The highest BCUT2D eigenvalue weighted by Gasteiger charge is 2.50. The number of aliphatic hydroxyl groups excluding tert-OH is 2. The van der Waals surface area contributed by atoms with E-state index in [1.807, 2.05) is 13.8 Å². The highest BCUT2D eigenvalue weighted by atomic mass is 19.4. The monoisotopic (exact) mass is 1150 g/mol. The molecule has 2 heterocycles. The number of nitrogens with one attached hydrogen (secondary N) is 4. The zero-order chi connectivity index (χ0) is 59.9. The number of aliphatic hydroxyl groups is 2. The van der Waals surface area contributed by atoms with Crippen LogP contribution in [0.4, 0.5) is 52.7 Å². The Balaban J connectivity index is 0.000000631. The minimum Gasteiger partial charge on any atom is -0.396 e. The summed E-state index contributed by atoms with van der Waals surface area (Å²) in [5.74, 6) is -0.796. The van der Waals surface area contributed by atoms with Crippen LogP contribution < -0.4 is 21.3 Å². The molecule has 0 bridgehead atoms. The summed E-state index contributed by atoms with van der Waals surface area (Å²) in [6.07, 6.45) is 5.62. The van der Waals surface area contributed by atoms with Crippen LogP contribution in [0.2, 0.25) is 0 Å². The summed E-state index contributed by atoms with van der Waals surface area (Å²) in [5.41, 5.74) is -5.28. The zero-order valence-electron chi connectivity index (χ0n) is 46.7. The molecule has 1 aromatic carbocycles. The first-order chi connectivity index (χ1) is 37.1. The van der Waals surface area contributed by atoms with Crippen LogP contribution in [0.5, 0.6) is 0 Å². The van der Waals surface area contributed by atoms with Gasteiger partial charge >= 0.3 is 24.7 Å². The number of terminal acetylenes is 1. The molecule has 2 aliphatic heterocycles. The van der Waals surface area contributed by atoms with Gasteiger partial charge < -0.3 is 41.0 Å². The molecule has 2 aliphatic carbocycles. The van der Waals surface area contributed by atoms with Crippen LogP contribution in [0, 0.1) is 30.1 Å². The SMILES string of the molecule is C#C.C1CCOCC1.CCC1COCCC1N[C@H](CC)CCC(=O)NCc1cc(C(F)(F)F)cc(C(F)(F)F)c1.CCCCCC(CO)C1(C(=O)NCC(=C/CC(F)(F)F)/C=C(\C)C(F)(F)F)CCC(NC)C1.OC1CCCC1. The Kier molecular flexibility index (Phi) is 34.5. The van der Waals surface area contributed by atoms with Crippen molar-refractivity contribution in [1.82, 2.24) is 21.3 Å². The van der Waals surface area contributed by atoms with Gasteiger partial charge in [-0.1, -0.05) is 59.0 Å². The van der Waals surface area contributed by atoms with E-state index in [2.05, 4.69) is 41.0 Å². The molecule has 5 unspecified atom stereocenters. The molecule has 6 N–H and O–H groups in total. The maximum absolute atomic E-state index is 13.3. The largest absolute Gasteiger partial charge is 0.416 e. The molecule has 1 aromatic rings. The van der Waals surface area contributed by atoms with Gasteiger partial charge in [0.2, 0.25) is 11.8 Å². The van der Waals surface area contributed by atoms with Crippen LogP contribution in [0.25, 0.3) is 0 Å². The van der Waals surface area contributed by atoms with Crippen LogP contribution in [0.3, 0.4) is 0 Å². The van der Waals surface area contributed by atoms with E-state index in [9.17, 15) is 67.4 Å². The minimum absolute atomic E-state index is 0.0450. The summed E-state index contributed by atoms with van der Waals surface area (Å²) < 4.78 is 165. The van der Waals surface area contributed by atoms with Crippen LogP contribution in [-0.4, -0.2) is 105 Å². The van der Waals surface area contributed by atoms with Crippen molar-refractivity contribution in [2.24, 2.45) is 17.3 Å². The Labute approximate surface area is 460 Å². The Hall–Kier alpha value is -3.88. The number of ether oxygens (including phenoxy) is 2. The Bertz CT molecular complexity index is 1910. The van der Waals surface area contributed by atoms with E-state index in [0.717, 1.165) is 71.5 Å². The first-order valence-corrected chi connectivity index (χ1v) is 27.7. The third-order valence-electron chi connectivity index (χ3n) is 14.7. The smallest absolute Gasteiger partial charge is 0.396 e. The third-order valence-corrected chi connectivity index (χ3v) is 14.7. The van der Waals surface area contributed by atoms with Gasteiger partial charge in [-0.3, -0.25) is 9.59 Å². The van der Waals surface area contributed by atoms with E-state index in [1.165, 1.54) is 32.1 Å². The molecule has 0 radical (unpaired) electrons. The van der Waals surface area contributed by atoms with Crippen molar-refractivity contribution in [3.63, 3.8) is 0 Å². The van der Waals surface area contributed by atoms with Crippen LogP contribution in [0.15, 0.2) is 41.5 Å². The molecule has 0 spiro atoms. The van der Waals surface area contributed by atoms with Crippen molar-refractivity contribution in [2.45, 2.75) is 212 Å². The predicted molar refractivity (Wildman–Crippen MR) is 282 cm³/mol. The van der Waals surface area contributed by atoms with E-state index in [0.29, 0.717) is 81.6 Å². The first kappa shape index (κ1) is 73.1. The van der Waals surface area contributed by atoms with Gasteiger partial charge in [0.25, 0.3) is 0 Å². The van der Waals surface area contributed by atoms with Gasteiger partial charge in [-0.2, -0.15) is 52.7 Å². The average molecular weight is 1150 g/mol. The number of hydrogen-bond acceptors (Lipinski definition) is 8. The molecular formula is C57H88F12N4O6. The first-order valence-electron chi connectivity index (χ1n) is 27.7. The van der Waals surface area contributed by atoms with Crippen molar-refractivity contribution < 1.29 is 82.0 Å². The van der Waals surface area contributed by atoms with Crippen molar-refractivity contribution >= 4 is 11.8 Å². The second-order valence-electron chi connectivity index (χ2n) is 20.6. The lowest BCUT2D eigenvalue weighted by atomic mass is 9.71. The number of carbonyl (C=O) groups is 2. The van der Waals surface area contributed by atoms with Crippen LogP contribution in [-0.2, 0) is 38.0 Å². The number of amides is 2. The number of hydrogen-bond donors (Lipinski definition) is 6. The topological polar surface area (TPSA) is 141 Å². The normalized spacial score (nSPS) is 22.1. The second kappa shape index (κ2) is 37.3. The van der Waals surface area contributed by atoms with Gasteiger partial charge in [0, 0.05) is 69.6 Å². The summed E-state index contributed by atoms with van der Waals surface area (Å²) in [4.78, 5) is 25.5. The van der Waals surface area contributed by atoms with E-state index < -0.39 is 78.1 Å². The summed E-state index contributed by atoms with van der Waals surface area (Å²) in [6.45, 7) is 9.21. The second-order valence-corrected chi connectivity index (χ2v) is 20.6. The summed E-state index contributed by atoms with van der Waals surface area (Å²) in [7, 11) is 1.77. The zero-order valence-corrected chi connectivity index (χ0v) is 46.7. The number of halogens is 12. The molecule has 10 nitrogen and oxygen atoms in total. The Morgan fingerprint density at radius 3 is 1.87 bits per heavy atom. The maximum atomic E-state index is 13.3. The van der Waals surface area contributed by atoms with E-state index in [-0.39, 0.29) is 54.3 Å². The van der Waals surface area contributed by atoms with Crippen LogP contribution in [0.1, 0.15) is 173 Å². The fraction of sp³-hybridized carbons (Fsp3) is 0.754. The van der Waals surface area contributed by atoms with Gasteiger partial charge in [-0.25, -0.2) is 0 Å². The number of rotatable bonds is 21. The molecule has 6 atom stereocenters. The van der Waals surface area contributed by atoms with Gasteiger partial charge in [0.15, 0.2) is 0 Å². The van der Waals surface area contributed by atoms with Gasteiger partial charge in [0.05, 0.1) is 35.7 Å². The average Bonchev–Trinajstić information content (AvgIpc) is 4.11. The molecule has 2 amide bonds. The molecule has 5 rings (SSSR count). The molecule has 456 valence electrons. The highest BCUT2D eigenvalue weighted by Crippen LogP contribution is 2.47. The summed E-state index contributed by atoms with van der Waals surface area (Å²) in [6, 6.07) is 1.76. The van der Waals surface area contributed by atoms with Gasteiger partial charge in [-0.15, -0.1) is 12.8 Å². The number of unbranched alkanes of at least 4 members (excludes halogenated alkanes) is 2. The quantitative estimate of drug-likeness (QED) is 0.0309. The van der Waals surface area contributed by atoms with Crippen molar-refractivity contribution in [2.75, 3.05) is 46.6 Å². The fourth-order valence-electron chi connectivity index (χ4n) is 9.85. The van der Waals surface area contributed by atoms with Crippen molar-refractivity contribution in [3.8, 4) is 12.8 Å². The highest BCUT2D eigenvalue weighted by molar-refractivity contribution is 5.84. The lowest BCUT2D eigenvalue weighted by molar-refractivity contribution is -0.143. The van der Waals surface area contributed by atoms with Crippen LogP contribution >= 0.6 is 0 Å². The molecule has 4 aliphatic rings. The molecule has 2 saturated carbocycles. The lowest BCUT2D eigenvalue weighted by Gasteiger charge is -2.36. The third kappa shape index (κ3) is 29.1. The molecular weight excluding hydrogens is 1060 g/mol. The number of benzene rings is 1. The summed E-state index contributed by atoms with van der Waals surface area (Å²) in [5, 5.41) is 30.5. The number of alkyl halides is 12. The van der Waals surface area contributed by atoms with Gasteiger partial charge in [-0.05, 0) is 145 Å². The van der Waals surface area contributed by atoms with Crippen molar-refractivity contribution in [3.05, 3.63) is 58.2 Å². The standard InChI is InChI=1S/C23H36F6N2O2.C22H30F6N2O2.2C5H10O.C2H2/c1-4-5-6-7-18(15-32)21(10-9-19(13-21)30-3)20(33)31-14-17(8-11-22(24,25)26)12-16(2)23(27,28)29;1-3-15-13-32-8-7-19(15)30-18(4-2)5-6-20(31)29-12-14-9-16(21(23,24)25)11-17(10-14)22(26,27)28;1-2-4-6-5-3-1;6-5-3-1-2-4-5;1-2/h8,12,18-19,30,32H,4-7,9-11,13-15H2,1-3H3,(H,31,33);9-11,15,18-19,30H,3-8,12-13H2,1-2H3,(H,29,31);1-5H2;5-6H,1-4H2;1-2H/b16-12+,17-8+;;;;/t;15?,18-,19?;;;/m.1.../s1. The van der Waals surface area contributed by atoms with Gasteiger partial charge in [0.1, 0.15) is 0 Å². The fourth-order valence-corrected chi connectivity index (χ4v) is 9.85. The predicted octanol–water partition coefficient (Wildman–Crippen LogP) is 13.1. The van der Waals surface area contributed by atoms with E-state index in [1.54, 1.807) is 7.05 Å². The van der Waals surface area contributed by atoms with Crippen molar-refractivity contribution in [1.29, 1.82) is 0 Å². The molecule has 22 heteroatoms. The van der Waals surface area contributed by atoms with E-state index >= 15 is 0 Å². The number of allylic oxidation sites excluding steroid dienone is 2. The lowest BCUT2D eigenvalue weighted by Crippen LogP contribution is -2.47. The minimum atomic E-state index is -4.92.